The van der Waals surface area contributed by atoms with Gasteiger partial charge in [0, 0.05) is 6.42 Å². The Morgan fingerprint density at radius 3 is 2.56 bits per heavy atom. The van der Waals surface area contributed by atoms with Gasteiger partial charge in [0.05, 0.1) is 12.7 Å². The maximum absolute atomic E-state index is 11.6. The molecule has 1 fully saturated rings. The smallest absolute Gasteiger partial charge is 0.306 e. The summed E-state index contributed by atoms with van der Waals surface area (Å²) < 4.78 is 10.7. The van der Waals surface area contributed by atoms with Gasteiger partial charge in [0.25, 0.3) is 0 Å². The van der Waals surface area contributed by atoms with Gasteiger partial charge in [0.2, 0.25) is 0 Å². The zero-order chi connectivity index (χ0) is 13.4. The maximum atomic E-state index is 11.6. The predicted molar refractivity (Wildman–Crippen MR) is 71.2 cm³/mol. The Bertz CT molecular complexity index is 239. The Kier molecular flexibility index (Phi) is 7.28. The van der Waals surface area contributed by atoms with Gasteiger partial charge in [-0.3, -0.25) is 4.79 Å². The lowest BCUT2D eigenvalue weighted by atomic mass is 9.94. The van der Waals surface area contributed by atoms with Gasteiger partial charge in [-0.1, -0.05) is 13.8 Å². The molecule has 0 bridgehead atoms. The number of carbonyl (C=O) groups is 1. The molecule has 0 radical (unpaired) electrons. The minimum absolute atomic E-state index is 0.150. The van der Waals surface area contributed by atoms with Gasteiger partial charge in [-0.15, -0.1) is 0 Å². The van der Waals surface area contributed by atoms with E-state index in [4.69, 9.17) is 15.2 Å². The van der Waals surface area contributed by atoms with Crippen LogP contribution in [0.5, 0.6) is 0 Å². The summed E-state index contributed by atoms with van der Waals surface area (Å²) in [6, 6.07) is 0. The summed E-state index contributed by atoms with van der Waals surface area (Å²) in [5.74, 6) is 0.654. The highest BCUT2D eigenvalue weighted by Crippen LogP contribution is 2.21. The van der Waals surface area contributed by atoms with Gasteiger partial charge >= 0.3 is 5.97 Å². The van der Waals surface area contributed by atoms with Gasteiger partial charge in [-0.2, -0.15) is 0 Å². The molecule has 1 saturated carbocycles. The van der Waals surface area contributed by atoms with E-state index in [0.29, 0.717) is 38.2 Å². The average molecular weight is 257 g/mol. The van der Waals surface area contributed by atoms with E-state index in [0.717, 1.165) is 19.3 Å². The molecule has 0 unspecified atom stereocenters. The fourth-order valence-electron chi connectivity index (χ4n) is 2.13. The molecule has 0 amide bonds. The molecule has 0 aliphatic heterocycles. The zero-order valence-electron chi connectivity index (χ0n) is 11.7. The lowest BCUT2D eigenvalue weighted by molar-refractivity contribution is -0.147. The molecule has 0 spiro atoms. The van der Waals surface area contributed by atoms with Crippen LogP contribution in [-0.4, -0.2) is 31.8 Å². The molecule has 0 aromatic heterocycles. The highest BCUT2D eigenvalue weighted by Gasteiger charge is 2.18. The van der Waals surface area contributed by atoms with Crippen molar-refractivity contribution in [2.75, 3.05) is 19.8 Å². The molecule has 4 nitrogen and oxygen atoms in total. The van der Waals surface area contributed by atoms with Crippen LogP contribution in [0.4, 0.5) is 0 Å². The van der Waals surface area contributed by atoms with Crippen molar-refractivity contribution >= 4 is 5.97 Å². The van der Waals surface area contributed by atoms with Crippen LogP contribution in [0, 0.1) is 11.8 Å². The van der Waals surface area contributed by atoms with E-state index in [1.165, 1.54) is 6.42 Å². The molecule has 1 atom stereocenters. The van der Waals surface area contributed by atoms with Crippen molar-refractivity contribution in [1.82, 2.24) is 0 Å². The van der Waals surface area contributed by atoms with Gasteiger partial charge in [-0.05, 0) is 44.1 Å². The van der Waals surface area contributed by atoms with Crippen LogP contribution in [0.3, 0.4) is 0 Å². The van der Waals surface area contributed by atoms with Crippen molar-refractivity contribution in [1.29, 1.82) is 0 Å². The Labute approximate surface area is 110 Å². The van der Waals surface area contributed by atoms with E-state index in [1.807, 2.05) is 0 Å². The summed E-state index contributed by atoms with van der Waals surface area (Å²) in [5, 5.41) is 0. The lowest BCUT2D eigenvalue weighted by Crippen LogP contribution is -2.25. The fraction of sp³-hybridized carbons (Fsp3) is 0.929. The monoisotopic (exact) mass is 257 g/mol. The predicted octanol–water partition coefficient (Wildman–Crippen LogP) is 2.11. The third-order valence-corrected chi connectivity index (χ3v) is 3.35. The topological polar surface area (TPSA) is 61.6 Å². The molecule has 1 aliphatic rings. The number of hydrogen-bond donors (Lipinski definition) is 1. The van der Waals surface area contributed by atoms with Crippen molar-refractivity contribution in [2.45, 2.75) is 52.1 Å². The van der Waals surface area contributed by atoms with Crippen molar-refractivity contribution in [3.8, 4) is 0 Å². The molecule has 1 rings (SSSR count). The van der Waals surface area contributed by atoms with Gasteiger partial charge in [0.1, 0.15) is 6.61 Å². The number of carbonyl (C=O) groups excluding carboxylic acids is 1. The Morgan fingerprint density at radius 1 is 1.33 bits per heavy atom. The summed E-state index contributed by atoms with van der Waals surface area (Å²) in [6.45, 7) is 5.72. The van der Waals surface area contributed by atoms with E-state index in [2.05, 4.69) is 13.8 Å². The molecule has 1 aliphatic carbocycles. The average Bonchev–Trinajstić information content (AvgIpc) is 2.24. The Balaban J connectivity index is 2.03. The molecule has 4 heteroatoms. The second-order valence-electron chi connectivity index (χ2n) is 5.58. The third kappa shape index (κ3) is 6.36. The summed E-state index contributed by atoms with van der Waals surface area (Å²) in [4.78, 5) is 11.6. The molecule has 0 aromatic carbocycles. The Morgan fingerprint density at radius 2 is 2.06 bits per heavy atom. The van der Waals surface area contributed by atoms with Crippen LogP contribution in [0.25, 0.3) is 0 Å². The zero-order valence-corrected chi connectivity index (χ0v) is 11.7. The van der Waals surface area contributed by atoms with Crippen LogP contribution in [0.2, 0.25) is 0 Å². The first-order valence-corrected chi connectivity index (χ1v) is 7.09. The van der Waals surface area contributed by atoms with E-state index < -0.39 is 0 Å². The van der Waals surface area contributed by atoms with Crippen LogP contribution in [-0.2, 0) is 14.3 Å². The molecule has 0 aromatic rings. The minimum atomic E-state index is -0.150. The van der Waals surface area contributed by atoms with E-state index >= 15 is 0 Å². The van der Waals surface area contributed by atoms with Crippen LogP contribution in [0.15, 0.2) is 0 Å². The van der Waals surface area contributed by atoms with Gasteiger partial charge < -0.3 is 15.2 Å². The van der Waals surface area contributed by atoms with Crippen molar-refractivity contribution in [3.05, 3.63) is 0 Å². The number of nitrogens with two attached hydrogens (primary N) is 1. The summed E-state index contributed by atoms with van der Waals surface area (Å²) in [6.07, 6.45) is 5.37. The lowest BCUT2D eigenvalue weighted by Gasteiger charge is -2.25. The highest BCUT2D eigenvalue weighted by atomic mass is 16.6. The number of ether oxygens (including phenoxy) is 2. The van der Waals surface area contributed by atoms with Crippen LogP contribution < -0.4 is 5.73 Å². The summed E-state index contributed by atoms with van der Waals surface area (Å²) >= 11 is 0. The highest BCUT2D eigenvalue weighted by molar-refractivity contribution is 5.69. The molecular formula is C14H27NO3. The van der Waals surface area contributed by atoms with Crippen molar-refractivity contribution in [2.24, 2.45) is 17.6 Å². The summed E-state index contributed by atoms with van der Waals surface area (Å²) in [7, 11) is 0. The van der Waals surface area contributed by atoms with Crippen LogP contribution >= 0.6 is 0 Å². The third-order valence-electron chi connectivity index (χ3n) is 3.35. The van der Waals surface area contributed by atoms with E-state index in [1.54, 1.807) is 0 Å². The molecule has 0 heterocycles. The Hall–Kier alpha value is -0.610. The minimum Gasteiger partial charge on any atom is -0.463 e. The van der Waals surface area contributed by atoms with Crippen LogP contribution in [0.1, 0.15) is 46.0 Å². The largest absolute Gasteiger partial charge is 0.463 e. The summed E-state index contributed by atoms with van der Waals surface area (Å²) in [5.41, 5.74) is 5.66. The van der Waals surface area contributed by atoms with E-state index in [9.17, 15) is 4.79 Å². The first-order chi connectivity index (χ1) is 8.61. The quantitative estimate of drug-likeness (QED) is 0.507. The van der Waals surface area contributed by atoms with Gasteiger partial charge in [0.15, 0.2) is 0 Å². The number of esters is 1. The molecular weight excluding hydrogens is 230 g/mol. The molecule has 2 N–H and O–H groups in total. The fourth-order valence-corrected chi connectivity index (χ4v) is 2.13. The molecule has 18 heavy (non-hydrogen) atoms. The first kappa shape index (κ1) is 15.4. The standard InChI is InChI=1S/C14H27NO3/c1-11(2)8-12(10-15)9-14(16)18-7-6-17-13-4-3-5-13/h11-13H,3-10,15H2,1-2H3/t12-/m0/s1. The first-order valence-electron chi connectivity index (χ1n) is 7.09. The van der Waals surface area contributed by atoms with E-state index in [-0.39, 0.29) is 11.9 Å². The SMILES string of the molecule is CC(C)C[C@H](CN)CC(=O)OCCOC1CCC1. The number of hydrogen-bond acceptors (Lipinski definition) is 4. The molecule has 106 valence electrons. The van der Waals surface area contributed by atoms with Gasteiger partial charge in [-0.25, -0.2) is 0 Å². The van der Waals surface area contributed by atoms with Crippen molar-refractivity contribution in [3.63, 3.8) is 0 Å². The van der Waals surface area contributed by atoms with Crippen molar-refractivity contribution < 1.29 is 14.3 Å². The maximum Gasteiger partial charge on any atom is 0.306 e. The second kappa shape index (κ2) is 8.48. The number of rotatable bonds is 9. The second-order valence-corrected chi connectivity index (χ2v) is 5.58. The normalized spacial score (nSPS) is 17.6. The molecule has 0 saturated heterocycles.